The number of carbonyl (C=O) groups is 1. The van der Waals surface area contributed by atoms with E-state index in [4.69, 9.17) is 0 Å². The predicted octanol–water partition coefficient (Wildman–Crippen LogP) is 3.24. The Morgan fingerprint density at radius 3 is 2.77 bits per heavy atom. The van der Waals surface area contributed by atoms with Crippen LogP contribution in [0.4, 0.5) is 15.8 Å². The Balaban J connectivity index is 1.53. The van der Waals surface area contributed by atoms with Gasteiger partial charge in [-0.3, -0.25) is 4.79 Å². The van der Waals surface area contributed by atoms with Crippen LogP contribution in [0.3, 0.4) is 0 Å². The maximum absolute atomic E-state index is 13.2. The van der Waals surface area contributed by atoms with Crippen molar-refractivity contribution in [2.75, 3.05) is 36.4 Å². The summed E-state index contributed by atoms with van der Waals surface area (Å²) >= 11 is 0. The molecule has 0 atom stereocenters. The van der Waals surface area contributed by atoms with E-state index >= 15 is 0 Å². The van der Waals surface area contributed by atoms with Gasteiger partial charge in [-0.1, -0.05) is 0 Å². The lowest BCUT2D eigenvalue weighted by molar-refractivity contribution is 0.102. The Morgan fingerprint density at radius 1 is 1.19 bits per heavy atom. The quantitative estimate of drug-likeness (QED) is 0.679. The number of amides is 1. The molecule has 3 aromatic rings. The number of nitrogens with one attached hydrogen (secondary N) is 2. The summed E-state index contributed by atoms with van der Waals surface area (Å²) in [5, 5.41) is 20.1. The second-order valence-electron chi connectivity index (χ2n) is 7.42. The average molecular weight is 418 g/mol. The van der Waals surface area contributed by atoms with Crippen molar-refractivity contribution >= 4 is 17.3 Å². The summed E-state index contributed by atoms with van der Waals surface area (Å²) in [5.74, 6) is -0.652. The number of benzene rings is 2. The van der Waals surface area contributed by atoms with E-state index in [0.29, 0.717) is 28.2 Å². The van der Waals surface area contributed by atoms with Crippen molar-refractivity contribution in [3.05, 3.63) is 71.3 Å². The predicted molar refractivity (Wildman–Crippen MR) is 117 cm³/mol. The van der Waals surface area contributed by atoms with E-state index in [9.17, 15) is 14.4 Å². The molecule has 0 bridgehead atoms. The van der Waals surface area contributed by atoms with Crippen LogP contribution in [0, 0.1) is 24.1 Å². The highest BCUT2D eigenvalue weighted by Gasteiger charge is 2.18. The lowest BCUT2D eigenvalue weighted by Crippen LogP contribution is -2.28. The molecule has 1 aromatic heterocycles. The summed E-state index contributed by atoms with van der Waals surface area (Å²) in [6.45, 7) is 5.35. The minimum absolute atomic E-state index is 0.318. The van der Waals surface area contributed by atoms with Crippen LogP contribution in [0.5, 0.6) is 0 Å². The van der Waals surface area contributed by atoms with Crippen molar-refractivity contribution < 1.29 is 9.18 Å². The van der Waals surface area contributed by atoms with E-state index in [-0.39, 0.29) is 11.7 Å². The number of anilines is 2. The fraction of sp³-hybridized carbons (Fsp3) is 0.261. The molecule has 0 aliphatic carbocycles. The summed E-state index contributed by atoms with van der Waals surface area (Å²) in [4.78, 5) is 15.0. The SMILES string of the molecule is Cc1c(C(=O)Nc2ccc(N3CCCNCC3)c(C#N)c2)cnn1-c1ccc(F)cc1. The van der Waals surface area contributed by atoms with Crippen molar-refractivity contribution in [3.63, 3.8) is 0 Å². The minimum Gasteiger partial charge on any atom is -0.369 e. The number of carbonyl (C=O) groups excluding carboxylic acids is 1. The molecule has 158 valence electrons. The van der Waals surface area contributed by atoms with Crippen molar-refractivity contribution in [1.82, 2.24) is 15.1 Å². The molecule has 0 unspecified atom stereocenters. The number of hydrogen-bond donors (Lipinski definition) is 2. The van der Waals surface area contributed by atoms with Gasteiger partial charge in [0.05, 0.1) is 34.4 Å². The number of nitrogens with zero attached hydrogens (tertiary/aromatic N) is 4. The summed E-state index contributed by atoms with van der Waals surface area (Å²) in [6, 6.07) is 13.5. The number of nitriles is 1. The van der Waals surface area contributed by atoms with E-state index in [1.54, 1.807) is 29.8 Å². The summed E-state index contributed by atoms with van der Waals surface area (Å²) in [5.41, 5.74) is 3.67. The first-order valence-electron chi connectivity index (χ1n) is 10.2. The van der Waals surface area contributed by atoms with Gasteiger partial charge in [-0.2, -0.15) is 10.4 Å². The average Bonchev–Trinajstić information content (AvgIpc) is 2.98. The Morgan fingerprint density at radius 2 is 2.00 bits per heavy atom. The van der Waals surface area contributed by atoms with Crippen molar-refractivity contribution in [1.29, 1.82) is 5.26 Å². The number of hydrogen-bond acceptors (Lipinski definition) is 5. The summed E-state index contributed by atoms with van der Waals surface area (Å²) < 4.78 is 14.8. The molecule has 8 heteroatoms. The van der Waals surface area contributed by atoms with Crippen molar-refractivity contribution in [2.45, 2.75) is 13.3 Å². The van der Waals surface area contributed by atoms with Crippen LogP contribution < -0.4 is 15.5 Å². The molecule has 1 saturated heterocycles. The molecule has 31 heavy (non-hydrogen) atoms. The molecule has 2 N–H and O–H groups in total. The van der Waals surface area contributed by atoms with E-state index in [2.05, 4.69) is 26.7 Å². The molecule has 2 aromatic carbocycles. The molecule has 0 radical (unpaired) electrons. The molecule has 1 aliphatic rings. The third-order valence-corrected chi connectivity index (χ3v) is 5.38. The zero-order chi connectivity index (χ0) is 21.8. The van der Waals surface area contributed by atoms with Crippen LogP contribution in [0.25, 0.3) is 5.69 Å². The number of rotatable bonds is 4. The van der Waals surface area contributed by atoms with Gasteiger partial charge in [0.15, 0.2) is 0 Å². The van der Waals surface area contributed by atoms with Crippen LogP contribution in [0.1, 0.15) is 28.0 Å². The van der Waals surface area contributed by atoms with Gasteiger partial charge in [-0.15, -0.1) is 0 Å². The zero-order valence-corrected chi connectivity index (χ0v) is 17.2. The first-order valence-corrected chi connectivity index (χ1v) is 10.2. The molecule has 1 fully saturated rings. The molecule has 4 rings (SSSR count). The molecule has 0 saturated carbocycles. The fourth-order valence-electron chi connectivity index (χ4n) is 3.74. The van der Waals surface area contributed by atoms with Gasteiger partial charge in [0, 0.05) is 25.3 Å². The van der Waals surface area contributed by atoms with E-state index in [1.807, 2.05) is 12.1 Å². The van der Waals surface area contributed by atoms with Gasteiger partial charge in [-0.05, 0) is 62.4 Å². The normalized spacial score (nSPS) is 14.0. The highest BCUT2D eigenvalue weighted by atomic mass is 19.1. The number of aromatic nitrogens is 2. The van der Waals surface area contributed by atoms with Gasteiger partial charge in [0.25, 0.3) is 5.91 Å². The van der Waals surface area contributed by atoms with Gasteiger partial charge >= 0.3 is 0 Å². The minimum atomic E-state index is -0.334. The summed E-state index contributed by atoms with van der Waals surface area (Å²) in [7, 11) is 0. The second-order valence-corrected chi connectivity index (χ2v) is 7.42. The molecule has 1 aliphatic heterocycles. The molecule has 0 spiro atoms. The van der Waals surface area contributed by atoms with Gasteiger partial charge in [-0.25, -0.2) is 9.07 Å². The number of halogens is 1. The first kappa shape index (κ1) is 20.6. The maximum Gasteiger partial charge on any atom is 0.259 e. The topological polar surface area (TPSA) is 86.0 Å². The lowest BCUT2D eigenvalue weighted by Gasteiger charge is -2.23. The Kier molecular flexibility index (Phi) is 5.96. The second kappa shape index (κ2) is 8.98. The molecule has 2 heterocycles. The monoisotopic (exact) mass is 418 g/mol. The fourth-order valence-corrected chi connectivity index (χ4v) is 3.74. The van der Waals surface area contributed by atoms with Gasteiger partial charge in [0.1, 0.15) is 11.9 Å². The molecular weight excluding hydrogens is 395 g/mol. The Labute approximate surface area is 180 Å². The van der Waals surface area contributed by atoms with E-state index in [0.717, 1.165) is 38.3 Å². The van der Waals surface area contributed by atoms with Crippen LogP contribution in [0.15, 0.2) is 48.7 Å². The smallest absolute Gasteiger partial charge is 0.259 e. The zero-order valence-electron chi connectivity index (χ0n) is 17.2. The summed E-state index contributed by atoms with van der Waals surface area (Å²) in [6.07, 6.45) is 2.50. The van der Waals surface area contributed by atoms with Gasteiger partial charge < -0.3 is 15.5 Å². The Hall–Kier alpha value is -3.70. The molecule has 7 nitrogen and oxygen atoms in total. The van der Waals surface area contributed by atoms with Crippen molar-refractivity contribution in [2.24, 2.45) is 0 Å². The highest BCUT2D eigenvalue weighted by Crippen LogP contribution is 2.25. The lowest BCUT2D eigenvalue weighted by atomic mass is 10.1. The highest BCUT2D eigenvalue weighted by molar-refractivity contribution is 6.05. The van der Waals surface area contributed by atoms with Crippen LogP contribution in [0.2, 0.25) is 0 Å². The van der Waals surface area contributed by atoms with Gasteiger partial charge in [0.2, 0.25) is 0 Å². The van der Waals surface area contributed by atoms with Crippen LogP contribution in [-0.4, -0.2) is 41.9 Å². The third-order valence-electron chi connectivity index (χ3n) is 5.38. The van der Waals surface area contributed by atoms with E-state index in [1.165, 1.54) is 18.3 Å². The molecular formula is C23H23FN6O. The third kappa shape index (κ3) is 4.42. The first-order chi connectivity index (χ1) is 15.1. The Bertz CT molecular complexity index is 1120. The van der Waals surface area contributed by atoms with E-state index < -0.39 is 0 Å². The maximum atomic E-state index is 13.2. The van der Waals surface area contributed by atoms with Crippen LogP contribution >= 0.6 is 0 Å². The molecule has 1 amide bonds. The standard InChI is InChI=1S/C23H23FN6O/c1-16-21(15-27-30(16)20-6-3-18(24)4-7-20)23(31)28-19-5-8-22(17(13-19)14-25)29-11-2-9-26-10-12-29/h3-8,13,15,26H,2,9-12H2,1H3,(H,28,31). The van der Waals surface area contributed by atoms with Crippen LogP contribution in [-0.2, 0) is 0 Å². The van der Waals surface area contributed by atoms with Crippen molar-refractivity contribution in [3.8, 4) is 11.8 Å². The largest absolute Gasteiger partial charge is 0.369 e.